The van der Waals surface area contributed by atoms with Gasteiger partial charge in [-0.1, -0.05) is 24.9 Å². The third-order valence-corrected chi connectivity index (χ3v) is 2.23. The minimum atomic E-state index is 0.570. The van der Waals surface area contributed by atoms with Crippen LogP contribution in [0.3, 0.4) is 0 Å². The first kappa shape index (κ1) is 8.51. The van der Waals surface area contributed by atoms with E-state index in [1.807, 2.05) is 12.1 Å². The Morgan fingerprint density at radius 2 is 2.38 bits per heavy atom. The highest BCUT2D eigenvalue weighted by Crippen LogP contribution is 2.17. The highest BCUT2D eigenvalue weighted by atomic mass is 35.5. The van der Waals surface area contributed by atoms with E-state index in [1.165, 1.54) is 0 Å². The van der Waals surface area contributed by atoms with Crippen LogP contribution in [0.1, 0.15) is 19.0 Å². The number of halogens is 1. The minimum Gasteiger partial charge on any atom is -0.216 e. The number of fused-ring (bicyclic) bond motifs is 1. The van der Waals surface area contributed by atoms with E-state index < -0.39 is 0 Å². The minimum absolute atomic E-state index is 0.570. The summed E-state index contributed by atoms with van der Waals surface area (Å²) < 4.78 is 1.80. The van der Waals surface area contributed by atoms with Crippen LogP contribution in [-0.2, 0) is 6.42 Å². The second-order valence-corrected chi connectivity index (χ2v) is 3.25. The number of aromatic nitrogens is 3. The van der Waals surface area contributed by atoms with Gasteiger partial charge in [-0.2, -0.15) is 5.10 Å². The quantitative estimate of drug-likeness (QED) is 0.737. The van der Waals surface area contributed by atoms with Crippen LogP contribution in [0.4, 0.5) is 0 Å². The van der Waals surface area contributed by atoms with Gasteiger partial charge in [0.15, 0.2) is 10.8 Å². The van der Waals surface area contributed by atoms with Crippen molar-refractivity contribution in [2.24, 2.45) is 0 Å². The molecule has 2 aromatic heterocycles. The van der Waals surface area contributed by atoms with E-state index in [-0.39, 0.29) is 0 Å². The molecule has 0 saturated heterocycles. The lowest BCUT2D eigenvalue weighted by Gasteiger charge is -1.96. The molecule has 68 valence electrons. The molecule has 3 nitrogen and oxygen atoms in total. The Labute approximate surface area is 81.4 Å². The Kier molecular flexibility index (Phi) is 2.19. The molecule has 0 fully saturated rings. The topological polar surface area (TPSA) is 30.2 Å². The van der Waals surface area contributed by atoms with E-state index in [4.69, 9.17) is 11.6 Å². The summed E-state index contributed by atoms with van der Waals surface area (Å²) in [5.41, 5.74) is 1.82. The van der Waals surface area contributed by atoms with Crippen LogP contribution < -0.4 is 0 Å². The van der Waals surface area contributed by atoms with Gasteiger partial charge in [0, 0.05) is 6.20 Å². The number of nitrogens with zero attached hydrogens (tertiary/aromatic N) is 3. The van der Waals surface area contributed by atoms with Gasteiger partial charge in [0.2, 0.25) is 0 Å². The molecule has 0 unspecified atom stereocenters. The fourth-order valence-electron chi connectivity index (χ4n) is 1.35. The molecule has 0 bridgehead atoms. The Bertz CT molecular complexity index is 422. The smallest absolute Gasteiger partial charge is 0.155 e. The molecule has 0 aromatic carbocycles. The lowest BCUT2D eigenvalue weighted by Crippen LogP contribution is -1.96. The summed E-state index contributed by atoms with van der Waals surface area (Å²) in [6, 6.07) is 3.76. The monoisotopic (exact) mass is 195 g/mol. The van der Waals surface area contributed by atoms with Crippen LogP contribution in [0.25, 0.3) is 5.65 Å². The van der Waals surface area contributed by atoms with E-state index in [9.17, 15) is 0 Å². The van der Waals surface area contributed by atoms with Crippen LogP contribution in [0.15, 0.2) is 18.3 Å². The predicted octanol–water partition coefficient (Wildman–Crippen LogP) is 2.34. The maximum absolute atomic E-state index is 5.97. The Morgan fingerprint density at radius 3 is 3.15 bits per heavy atom. The largest absolute Gasteiger partial charge is 0.216 e. The summed E-state index contributed by atoms with van der Waals surface area (Å²) >= 11 is 5.97. The molecule has 4 heteroatoms. The van der Waals surface area contributed by atoms with Crippen molar-refractivity contribution in [1.82, 2.24) is 14.6 Å². The van der Waals surface area contributed by atoms with Gasteiger partial charge in [-0.3, -0.25) is 0 Å². The maximum atomic E-state index is 5.97. The first-order valence-electron chi connectivity index (χ1n) is 4.31. The van der Waals surface area contributed by atoms with Gasteiger partial charge in [-0.25, -0.2) is 9.50 Å². The molecule has 2 heterocycles. The van der Waals surface area contributed by atoms with Crippen molar-refractivity contribution in [2.45, 2.75) is 19.8 Å². The summed E-state index contributed by atoms with van der Waals surface area (Å²) in [4.78, 5) is 4.20. The van der Waals surface area contributed by atoms with Crippen molar-refractivity contribution in [3.63, 3.8) is 0 Å². The summed E-state index contributed by atoms with van der Waals surface area (Å²) in [5, 5.41) is 4.76. The van der Waals surface area contributed by atoms with Gasteiger partial charge in [-0.05, 0) is 18.6 Å². The van der Waals surface area contributed by atoms with Gasteiger partial charge in [0.25, 0.3) is 0 Å². The molecular formula is C9H10ClN3. The molecular weight excluding hydrogens is 186 g/mol. The molecule has 0 amide bonds. The molecule has 0 aliphatic rings. The number of hydrogen-bond acceptors (Lipinski definition) is 2. The van der Waals surface area contributed by atoms with E-state index in [2.05, 4.69) is 17.0 Å². The van der Waals surface area contributed by atoms with Gasteiger partial charge in [0.1, 0.15) is 0 Å². The molecule has 0 N–H and O–H groups in total. The predicted molar refractivity (Wildman–Crippen MR) is 52.0 cm³/mol. The fourth-order valence-corrected chi connectivity index (χ4v) is 1.62. The number of aryl methyl sites for hydroxylation is 1. The Balaban J connectivity index is 2.64. The first-order valence-corrected chi connectivity index (χ1v) is 4.69. The number of hydrogen-bond donors (Lipinski definition) is 0. The van der Waals surface area contributed by atoms with Gasteiger partial charge >= 0.3 is 0 Å². The standard InChI is InChI=1S/C9H10ClN3/c1-2-4-7-9(10)12-8-5-3-6-11-13(7)8/h3,5-6H,2,4H2,1H3. The maximum Gasteiger partial charge on any atom is 0.155 e. The molecule has 0 aliphatic heterocycles. The summed E-state index contributed by atoms with van der Waals surface area (Å²) in [6.07, 6.45) is 3.70. The summed E-state index contributed by atoms with van der Waals surface area (Å²) in [6.45, 7) is 2.11. The van der Waals surface area contributed by atoms with Crippen molar-refractivity contribution in [2.75, 3.05) is 0 Å². The Hall–Kier alpha value is -1.09. The number of imidazole rings is 1. The molecule has 0 aliphatic carbocycles. The molecule has 0 saturated carbocycles. The van der Waals surface area contributed by atoms with Crippen molar-refractivity contribution < 1.29 is 0 Å². The average Bonchev–Trinajstić information content (AvgIpc) is 2.44. The zero-order chi connectivity index (χ0) is 9.26. The molecule has 13 heavy (non-hydrogen) atoms. The van der Waals surface area contributed by atoms with Crippen LogP contribution >= 0.6 is 11.6 Å². The SMILES string of the molecule is CCCc1c(Cl)nc2cccnn12. The first-order chi connectivity index (χ1) is 6.33. The van der Waals surface area contributed by atoms with Gasteiger partial charge in [0.05, 0.1) is 5.69 Å². The summed E-state index contributed by atoms with van der Waals surface area (Å²) in [5.74, 6) is 0. The third-order valence-electron chi connectivity index (χ3n) is 1.92. The van der Waals surface area contributed by atoms with Crippen molar-refractivity contribution in [1.29, 1.82) is 0 Å². The van der Waals surface area contributed by atoms with E-state index in [0.29, 0.717) is 5.15 Å². The van der Waals surface area contributed by atoms with Crippen LogP contribution in [0.5, 0.6) is 0 Å². The number of rotatable bonds is 2. The average molecular weight is 196 g/mol. The van der Waals surface area contributed by atoms with E-state index in [0.717, 1.165) is 24.2 Å². The van der Waals surface area contributed by atoms with Crippen LogP contribution in [-0.4, -0.2) is 14.6 Å². The second kappa shape index (κ2) is 3.34. The fraction of sp³-hybridized carbons (Fsp3) is 0.333. The van der Waals surface area contributed by atoms with Gasteiger partial charge in [-0.15, -0.1) is 0 Å². The van der Waals surface area contributed by atoms with Crippen LogP contribution in [0.2, 0.25) is 5.15 Å². The lowest BCUT2D eigenvalue weighted by atomic mass is 10.3. The molecule has 0 spiro atoms. The zero-order valence-corrected chi connectivity index (χ0v) is 8.12. The lowest BCUT2D eigenvalue weighted by molar-refractivity contribution is 0.806. The second-order valence-electron chi connectivity index (χ2n) is 2.89. The third kappa shape index (κ3) is 1.40. The van der Waals surface area contributed by atoms with Crippen LogP contribution in [0, 0.1) is 0 Å². The van der Waals surface area contributed by atoms with Crippen molar-refractivity contribution in [3.05, 3.63) is 29.2 Å². The molecule has 2 rings (SSSR count). The van der Waals surface area contributed by atoms with Crippen molar-refractivity contribution >= 4 is 17.2 Å². The normalized spacial score (nSPS) is 10.9. The van der Waals surface area contributed by atoms with E-state index in [1.54, 1.807) is 10.7 Å². The van der Waals surface area contributed by atoms with Crippen molar-refractivity contribution in [3.8, 4) is 0 Å². The molecule has 2 aromatic rings. The Morgan fingerprint density at radius 1 is 1.54 bits per heavy atom. The van der Waals surface area contributed by atoms with E-state index >= 15 is 0 Å². The zero-order valence-electron chi connectivity index (χ0n) is 7.37. The summed E-state index contributed by atoms with van der Waals surface area (Å²) in [7, 11) is 0. The molecule has 0 atom stereocenters. The highest BCUT2D eigenvalue weighted by Gasteiger charge is 2.08. The molecule has 0 radical (unpaired) electrons. The van der Waals surface area contributed by atoms with Gasteiger partial charge < -0.3 is 0 Å². The highest BCUT2D eigenvalue weighted by molar-refractivity contribution is 6.30.